The summed E-state index contributed by atoms with van der Waals surface area (Å²) >= 11 is 0. The van der Waals surface area contributed by atoms with Crippen LogP contribution in [0.25, 0.3) is 0 Å². The van der Waals surface area contributed by atoms with Crippen molar-refractivity contribution in [3.05, 3.63) is 34.9 Å². The first-order valence-electron chi connectivity index (χ1n) is 5.55. The molecule has 0 bridgehead atoms. The van der Waals surface area contributed by atoms with Gasteiger partial charge in [0.15, 0.2) is 0 Å². The van der Waals surface area contributed by atoms with Gasteiger partial charge in [-0.3, -0.25) is 11.3 Å². The molecule has 1 aromatic carbocycles. The summed E-state index contributed by atoms with van der Waals surface area (Å²) in [5, 5.41) is 0. The van der Waals surface area contributed by atoms with Crippen LogP contribution < -0.4 is 11.3 Å². The van der Waals surface area contributed by atoms with Gasteiger partial charge in [0.2, 0.25) is 0 Å². The highest BCUT2D eigenvalue weighted by atomic mass is 19.1. The summed E-state index contributed by atoms with van der Waals surface area (Å²) in [6.45, 7) is 5.56. The summed E-state index contributed by atoms with van der Waals surface area (Å²) in [5.41, 5.74) is 2.71. The standard InChI is InChI=1S/C12H18F2N2O/c1-4-17-8(3)12(16-15)10-9(13)6-5-7(2)11(10)14/h5-6,8,12,16H,4,15H2,1-3H3. The third-order valence-electron chi connectivity index (χ3n) is 2.71. The van der Waals surface area contributed by atoms with Crippen molar-refractivity contribution in [3.63, 3.8) is 0 Å². The summed E-state index contributed by atoms with van der Waals surface area (Å²) in [5.74, 6) is 4.15. The van der Waals surface area contributed by atoms with E-state index in [1.165, 1.54) is 12.1 Å². The number of rotatable bonds is 5. The summed E-state index contributed by atoms with van der Waals surface area (Å²) in [6.07, 6.45) is -0.421. The van der Waals surface area contributed by atoms with Gasteiger partial charge in [-0.1, -0.05) is 6.07 Å². The molecule has 3 nitrogen and oxygen atoms in total. The molecule has 96 valence electrons. The minimum Gasteiger partial charge on any atom is -0.377 e. The molecule has 2 atom stereocenters. The van der Waals surface area contributed by atoms with Gasteiger partial charge in [0.05, 0.1) is 12.1 Å². The molecule has 0 aliphatic carbocycles. The SMILES string of the molecule is CCOC(C)C(NN)c1c(F)ccc(C)c1F. The Hall–Kier alpha value is -1.04. The smallest absolute Gasteiger partial charge is 0.133 e. The van der Waals surface area contributed by atoms with Gasteiger partial charge in [-0.05, 0) is 32.4 Å². The number of nitrogens with two attached hydrogens (primary N) is 1. The molecule has 0 fully saturated rings. The summed E-state index contributed by atoms with van der Waals surface area (Å²) in [7, 11) is 0. The lowest BCUT2D eigenvalue weighted by Crippen LogP contribution is -2.38. The van der Waals surface area contributed by atoms with Crippen LogP contribution in [0.3, 0.4) is 0 Å². The summed E-state index contributed by atoms with van der Waals surface area (Å²) < 4.78 is 32.9. The Morgan fingerprint density at radius 3 is 2.59 bits per heavy atom. The van der Waals surface area contributed by atoms with Crippen LogP contribution in [0.1, 0.15) is 31.0 Å². The number of halogens is 2. The van der Waals surface area contributed by atoms with Crippen molar-refractivity contribution in [1.82, 2.24) is 5.43 Å². The van der Waals surface area contributed by atoms with Gasteiger partial charge in [0.1, 0.15) is 11.6 Å². The highest BCUT2D eigenvalue weighted by molar-refractivity contribution is 5.29. The number of hydrazine groups is 1. The summed E-state index contributed by atoms with van der Waals surface area (Å²) in [4.78, 5) is 0. The van der Waals surface area contributed by atoms with Crippen molar-refractivity contribution in [2.75, 3.05) is 6.61 Å². The number of hydrogen-bond donors (Lipinski definition) is 2. The number of hydrogen-bond acceptors (Lipinski definition) is 3. The quantitative estimate of drug-likeness (QED) is 0.616. The first-order valence-corrected chi connectivity index (χ1v) is 5.55. The Labute approximate surface area is 99.9 Å². The van der Waals surface area contributed by atoms with Gasteiger partial charge in [0.25, 0.3) is 0 Å². The lowest BCUT2D eigenvalue weighted by Gasteiger charge is -2.24. The molecular formula is C12H18F2N2O. The van der Waals surface area contributed by atoms with E-state index in [4.69, 9.17) is 10.6 Å². The maximum absolute atomic E-state index is 13.9. The normalized spacial score (nSPS) is 14.7. The van der Waals surface area contributed by atoms with E-state index < -0.39 is 23.8 Å². The molecule has 0 amide bonds. The molecule has 1 aromatic rings. The Morgan fingerprint density at radius 2 is 2.06 bits per heavy atom. The van der Waals surface area contributed by atoms with Gasteiger partial charge in [-0.15, -0.1) is 0 Å². The molecule has 1 rings (SSSR count). The van der Waals surface area contributed by atoms with Crippen LogP contribution in [-0.4, -0.2) is 12.7 Å². The molecular weight excluding hydrogens is 226 g/mol. The van der Waals surface area contributed by atoms with Gasteiger partial charge >= 0.3 is 0 Å². The lowest BCUT2D eigenvalue weighted by molar-refractivity contribution is 0.0452. The third kappa shape index (κ3) is 3.00. The fourth-order valence-electron chi connectivity index (χ4n) is 1.78. The van der Waals surface area contributed by atoms with Gasteiger partial charge < -0.3 is 4.74 Å². The van der Waals surface area contributed by atoms with Crippen LogP contribution in [0.15, 0.2) is 12.1 Å². The van der Waals surface area contributed by atoms with E-state index in [1.807, 2.05) is 6.92 Å². The molecule has 0 radical (unpaired) electrons. The fourth-order valence-corrected chi connectivity index (χ4v) is 1.78. The van der Waals surface area contributed by atoms with Crippen molar-refractivity contribution >= 4 is 0 Å². The second kappa shape index (κ2) is 6.05. The Morgan fingerprint density at radius 1 is 1.41 bits per heavy atom. The Balaban J connectivity index is 3.15. The zero-order valence-electron chi connectivity index (χ0n) is 10.3. The highest BCUT2D eigenvalue weighted by Gasteiger charge is 2.25. The van der Waals surface area contributed by atoms with Crippen LogP contribution in [-0.2, 0) is 4.74 Å². The van der Waals surface area contributed by atoms with Crippen LogP contribution in [0, 0.1) is 18.6 Å². The number of ether oxygens (including phenoxy) is 1. The van der Waals surface area contributed by atoms with Crippen molar-refractivity contribution in [2.24, 2.45) is 5.84 Å². The summed E-state index contributed by atoms with van der Waals surface area (Å²) in [6, 6.07) is 1.92. The largest absolute Gasteiger partial charge is 0.377 e. The second-order valence-corrected chi connectivity index (χ2v) is 3.90. The maximum Gasteiger partial charge on any atom is 0.133 e. The monoisotopic (exact) mass is 244 g/mol. The van der Waals surface area contributed by atoms with Gasteiger partial charge in [0, 0.05) is 12.2 Å². The minimum absolute atomic E-state index is 0.0755. The topological polar surface area (TPSA) is 47.3 Å². The van der Waals surface area contributed by atoms with Crippen molar-refractivity contribution in [1.29, 1.82) is 0 Å². The molecule has 0 aliphatic rings. The molecule has 0 spiro atoms. The molecule has 0 saturated carbocycles. The van der Waals surface area contributed by atoms with E-state index in [0.717, 1.165) is 0 Å². The molecule has 3 N–H and O–H groups in total. The molecule has 2 unspecified atom stereocenters. The van der Waals surface area contributed by atoms with E-state index in [1.54, 1.807) is 13.8 Å². The lowest BCUT2D eigenvalue weighted by atomic mass is 9.99. The van der Waals surface area contributed by atoms with Crippen LogP contribution >= 0.6 is 0 Å². The average Bonchev–Trinajstić information content (AvgIpc) is 2.30. The highest BCUT2D eigenvalue weighted by Crippen LogP contribution is 2.26. The van der Waals surface area contributed by atoms with E-state index in [9.17, 15) is 8.78 Å². The minimum atomic E-state index is -0.713. The maximum atomic E-state index is 13.9. The zero-order chi connectivity index (χ0) is 13.0. The average molecular weight is 244 g/mol. The van der Waals surface area contributed by atoms with E-state index in [-0.39, 0.29) is 5.56 Å². The molecule has 0 heterocycles. The predicted octanol–water partition coefficient (Wildman–Crippen LogP) is 2.20. The first-order chi connectivity index (χ1) is 8.02. The molecule has 0 aromatic heterocycles. The molecule has 17 heavy (non-hydrogen) atoms. The first kappa shape index (κ1) is 14.0. The number of nitrogens with one attached hydrogen (secondary N) is 1. The predicted molar refractivity (Wildman–Crippen MR) is 62.2 cm³/mol. The third-order valence-corrected chi connectivity index (χ3v) is 2.71. The number of aryl methyl sites for hydroxylation is 1. The van der Waals surface area contributed by atoms with Crippen LogP contribution in [0.5, 0.6) is 0 Å². The van der Waals surface area contributed by atoms with Gasteiger partial charge in [-0.2, -0.15) is 0 Å². The van der Waals surface area contributed by atoms with Crippen LogP contribution in [0.4, 0.5) is 8.78 Å². The van der Waals surface area contributed by atoms with Gasteiger partial charge in [-0.25, -0.2) is 8.78 Å². The fraction of sp³-hybridized carbons (Fsp3) is 0.500. The zero-order valence-corrected chi connectivity index (χ0v) is 10.3. The molecule has 0 aliphatic heterocycles. The van der Waals surface area contributed by atoms with Crippen molar-refractivity contribution in [2.45, 2.75) is 32.9 Å². The molecule has 0 saturated heterocycles. The van der Waals surface area contributed by atoms with Crippen LogP contribution in [0.2, 0.25) is 0 Å². The second-order valence-electron chi connectivity index (χ2n) is 3.90. The van der Waals surface area contributed by atoms with Crippen molar-refractivity contribution in [3.8, 4) is 0 Å². The van der Waals surface area contributed by atoms with Crippen molar-refractivity contribution < 1.29 is 13.5 Å². The van der Waals surface area contributed by atoms with E-state index >= 15 is 0 Å². The number of benzene rings is 1. The Bertz CT molecular complexity index is 385. The van der Waals surface area contributed by atoms with E-state index in [0.29, 0.717) is 12.2 Å². The molecule has 5 heteroatoms. The van der Waals surface area contributed by atoms with E-state index in [2.05, 4.69) is 5.43 Å². The Kier molecular flexibility index (Phi) is 4.99.